The maximum Gasteiger partial charge on any atom is 0.0864 e. The Balaban J connectivity index is 2.16. The summed E-state index contributed by atoms with van der Waals surface area (Å²) in [5, 5.41) is 0. The summed E-state index contributed by atoms with van der Waals surface area (Å²) in [6, 6.07) is 0. The van der Waals surface area contributed by atoms with E-state index >= 15 is 0 Å². The minimum absolute atomic E-state index is 0.536. The van der Waals surface area contributed by atoms with Crippen molar-refractivity contribution in [3.63, 3.8) is 0 Å². The van der Waals surface area contributed by atoms with Crippen molar-refractivity contribution >= 4 is 0 Å². The smallest absolute Gasteiger partial charge is 0.0864 e. The molecule has 0 radical (unpaired) electrons. The Kier molecular flexibility index (Phi) is 2.35. The van der Waals surface area contributed by atoms with E-state index in [0.29, 0.717) is 12.2 Å². The molecule has 1 heteroatoms. The molecular weight excluding hydrogens is 124 g/mol. The van der Waals surface area contributed by atoms with Gasteiger partial charge in [-0.15, -0.1) is 0 Å². The fourth-order valence-corrected chi connectivity index (χ4v) is 1.68. The van der Waals surface area contributed by atoms with Crippen LogP contribution in [0.3, 0.4) is 0 Å². The van der Waals surface area contributed by atoms with E-state index < -0.39 is 0 Å². The highest BCUT2D eigenvalue weighted by Crippen LogP contribution is 2.32. The Labute approximate surface area is 63.8 Å². The largest absolute Gasteiger partial charge is 0.370 e. The van der Waals surface area contributed by atoms with E-state index in [4.69, 9.17) is 4.74 Å². The van der Waals surface area contributed by atoms with E-state index in [2.05, 4.69) is 27.7 Å². The molecule has 0 saturated carbocycles. The van der Waals surface area contributed by atoms with Crippen molar-refractivity contribution in [2.45, 2.75) is 46.3 Å². The number of hydrogen-bond donors (Lipinski definition) is 0. The van der Waals surface area contributed by atoms with Crippen molar-refractivity contribution in [2.24, 2.45) is 11.8 Å². The molecule has 0 bridgehead atoms. The third kappa shape index (κ3) is 1.98. The zero-order valence-electron chi connectivity index (χ0n) is 7.42. The van der Waals surface area contributed by atoms with Gasteiger partial charge in [-0.05, 0) is 25.2 Å². The molecule has 1 aliphatic heterocycles. The highest BCUT2D eigenvalue weighted by molar-refractivity contribution is 4.85. The Morgan fingerprint density at radius 3 is 2.10 bits per heavy atom. The van der Waals surface area contributed by atoms with Gasteiger partial charge in [-0.2, -0.15) is 0 Å². The van der Waals surface area contributed by atoms with Crippen molar-refractivity contribution in [3.05, 3.63) is 0 Å². The van der Waals surface area contributed by atoms with Crippen LogP contribution in [-0.2, 0) is 4.74 Å². The Bertz CT molecular complexity index is 109. The lowest BCUT2D eigenvalue weighted by Gasteiger charge is -2.10. The molecule has 3 atom stereocenters. The van der Waals surface area contributed by atoms with E-state index in [9.17, 15) is 0 Å². The fourth-order valence-electron chi connectivity index (χ4n) is 1.68. The lowest BCUT2D eigenvalue weighted by atomic mass is 9.95. The molecule has 1 fully saturated rings. The van der Waals surface area contributed by atoms with Gasteiger partial charge in [0.1, 0.15) is 0 Å². The fraction of sp³-hybridized carbons (Fsp3) is 1.00. The van der Waals surface area contributed by atoms with Gasteiger partial charge in [0.2, 0.25) is 0 Å². The lowest BCUT2D eigenvalue weighted by molar-refractivity contribution is 0.302. The standard InChI is InChI=1S/C9H18O/c1-6(2)5-7(3)9-8(4)10-9/h6-9H,5H2,1-4H3. The van der Waals surface area contributed by atoms with Crippen LogP contribution < -0.4 is 0 Å². The zero-order valence-corrected chi connectivity index (χ0v) is 7.42. The molecule has 0 N–H and O–H groups in total. The molecule has 1 heterocycles. The predicted octanol–water partition coefficient (Wildman–Crippen LogP) is 2.46. The number of epoxide rings is 1. The summed E-state index contributed by atoms with van der Waals surface area (Å²) in [4.78, 5) is 0. The molecule has 1 aliphatic rings. The van der Waals surface area contributed by atoms with E-state index in [-0.39, 0.29) is 0 Å². The minimum atomic E-state index is 0.536. The molecule has 1 saturated heterocycles. The maximum atomic E-state index is 5.38. The van der Waals surface area contributed by atoms with Gasteiger partial charge in [0.05, 0.1) is 12.2 Å². The Hall–Kier alpha value is -0.0400. The molecular formula is C9H18O. The molecule has 0 aromatic rings. The van der Waals surface area contributed by atoms with Crippen molar-refractivity contribution in [3.8, 4) is 0 Å². The van der Waals surface area contributed by atoms with Gasteiger partial charge in [0, 0.05) is 0 Å². The lowest BCUT2D eigenvalue weighted by Crippen LogP contribution is -2.08. The van der Waals surface area contributed by atoms with Crippen molar-refractivity contribution < 1.29 is 4.74 Å². The quantitative estimate of drug-likeness (QED) is 0.551. The average molecular weight is 142 g/mol. The number of hydrogen-bond acceptors (Lipinski definition) is 1. The van der Waals surface area contributed by atoms with E-state index in [0.717, 1.165) is 11.8 Å². The third-order valence-electron chi connectivity index (χ3n) is 2.16. The van der Waals surface area contributed by atoms with Gasteiger partial charge in [-0.1, -0.05) is 20.8 Å². The first-order valence-electron chi connectivity index (χ1n) is 4.26. The summed E-state index contributed by atoms with van der Waals surface area (Å²) in [6.07, 6.45) is 2.41. The van der Waals surface area contributed by atoms with Crippen LogP contribution in [-0.4, -0.2) is 12.2 Å². The van der Waals surface area contributed by atoms with Crippen LogP contribution in [0, 0.1) is 11.8 Å². The molecule has 1 nitrogen and oxygen atoms in total. The molecule has 0 amide bonds. The zero-order chi connectivity index (χ0) is 7.72. The average Bonchev–Trinajstić information content (AvgIpc) is 2.44. The number of ether oxygens (including phenoxy) is 1. The minimum Gasteiger partial charge on any atom is -0.370 e. The number of rotatable bonds is 3. The second-order valence-electron chi connectivity index (χ2n) is 3.91. The van der Waals surface area contributed by atoms with Crippen LogP contribution in [0.4, 0.5) is 0 Å². The van der Waals surface area contributed by atoms with Crippen molar-refractivity contribution in [1.82, 2.24) is 0 Å². The normalized spacial score (nSPS) is 34.5. The Morgan fingerprint density at radius 1 is 1.30 bits per heavy atom. The van der Waals surface area contributed by atoms with Crippen LogP contribution in [0.1, 0.15) is 34.1 Å². The van der Waals surface area contributed by atoms with Crippen LogP contribution >= 0.6 is 0 Å². The van der Waals surface area contributed by atoms with Crippen LogP contribution in [0.2, 0.25) is 0 Å². The van der Waals surface area contributed by atoms with E-state index in [1.54, 1.807) is 0 Å². The van der Waals surface area contributed by atoms with Gasteiger partial charge in [0.25, 0.3) is 0 Å². The van der Waals surface area contributed by atoms with Crippen molar-refractivity contribution in [2.75, 3.05) is 0 Å². The third-order valence-corrected chi connectivity index (χ3v) is 2.16. The monoisotopic (exact) mass is 142 g/mol. The van der Waals surface area contributed by atoms with Crippen LogP contribution in [0.15, 0.2) is 0 Å². The first-order valence-corrected chi connectivity index (χ1v) is 4.26. The highest BCUT2D eigenvalue weighted by atomic mass is 16.6. The summed E-state index contributed by atoms with van der Waals surface area (Å²) < 4.78 is 5.38. The molecule has 0 spiro atoms. The van der Waals surface area contributed by atoms with E-state index in [1.807, 2.05) is 0 Å². The maximum absolute atomic E-state index is 5.38. The molecule has 0 aromatic heterocycles. The topological polar surface area (TPSA) is 12.5 Å². The highest BCUT2D eigenvalue weighted by Gasteiger charge is 2.38. The van der Waals surface area contributed by atoms with Crippen LogP contribution in [0.25, 0.3) is 0 Å². The van der Waals surface area contributed by atoms with Gasteiger partial charge >= 0.3 is 0 Å². The summed E-state index contributed by atoms with van der Waals surface area (Å²) in [5.41, 5.74) is 0. The van der Waals surface area contributed by atoms with Gasteiger partial charge in [-0.3, -0.25) is 0 Å². The summed E-state index contributed by atoms with van der Waals surface area (Å²) in [7, 11) is 0. The molecule has 3 unspecified atom stereocenters. The summed E-state index contributed by atoms with van der Waals surface area (Å²) in [6.45, 7) is 8.97. The van der Waals surface area contributed by atoms with Crippen LogP contribution in [0.5, 0.6) is 0 Å². The van der Waals surface area contributed by atoms with Gasteiger partial charge < -0.3 is 4.74 Å². The van der Waals surface area contributed by atoms with Gasteiger partial charge in [-0.25, -0.2) is 0 Å². The first kappa shape index (κ1) is 8.06. The summed E-state index contributed by atoms with van der Waals surface area (Å²) in [5.74, 6) is 1.57. The molecule has 60 valence electrons. The molecule has 10 heavy (non-hydrogen) atoms. The second-order valence-corrected chi connectivity index (χ2v) is 3.91. The van der Waals surface area contributed by atoms with Gasteiger partial charge in [0.15, 0.2) is 0 Å². The Morgan fingerprint density at radius 2 is 1.80 bits per heavy atom. The predicted molar refractivity (Wildman–Crippen MR) is 43.0 cm³/mol. The first-order chi connectivity index (χ1) is 4.61. The second kappa shape index (κ2) is 2.91. The molecule has 0 aromatic carbocycles. The molecule has 0 aliphatic carbocycles. The summed E-state index contributed by atoms with van der Waals surface area (Å²) >= 11 is 0. The molecule has 1 rings (SSSR count). The SMILES string of the molecule is CC(C)CC(C)C1OC1C. The van der Waals surface area contributed by atoms with Crippen molar-refractivity contribution in [1.29, 1.82) is 0 Å². The van der Waals surface area contributed by atoms with E-state index in [1.165, 1.54) is 6.42 Å².